The summed E-state index contributed by atoms with van der Waals surface area (Å²) in [6, 6.07) is 7.08. The number of rotatable bonds is 3. The fraction of sp³-hybridized carbons (Fsp3) is 0.176. The predicted molar refractivity (Wildman–Crippen MR) is 91.7 cm³/mol. The van der Waals surface area contributed by atoms with Gasteiger partial charge in [0, 0.05) is 18.5 Å². The summed E-state index contributed by atoms with van der Waals surface area (Å²) in [6.07, 6.45) is 3.20. The first-order chi connectivity index (χ1) is 12.1. The Morgan fingerprint density at radius 3 is 2.72 bits per heavy atom. The van der Waals surface area contributed by atoms with Crippen molar-refractivity contribution in [3.8, 4) is 17.2 Å². The van der Waals surface area contributed by atoms with Crippen molar-refractivity contribution >= 4 is 16.7 Å². The van der Waals surface area contributed by atoms with Gasteiger partial charge in [0.2, 0.25) is 0 Å². The van der Waals surface area contributed by atoms with Crippen LogP contribution in [0.2, 0.25) is 0 Å². The second-order valence-corrected chi connectivity index (χ2v) is 5.46. The van der Waals surface area contributed by atoms with E-state index >= 15 is 0 Å². The van der Waals surface area contributed by atoms with Gasteiger partial charge in [0.25, 0.3) is 11.3 Å². The molecule has 0 atom stereocenters. The van der Waals surface area contributed by atoms with Crippen LogP contribution >= 0.6 is 0 Å². The van der Waals surface area contributed by atoms with Gasteiger partial charge in [0.15, 0.2) is 0 Å². The lowest BCUT2D eigenvalue weighted by Crippen LogP contribution is -2.19. The van der Waals surface area contributed by atoms with Crippen LogP contribution in [0.1, 0.15) is 5.82 Å². The Morgan fingerprint density at radius 2 is 1.96 bits per heavy atom. The van der Waals surface area contributed by atoms with Gasteiger partial charge >= 0.3 is 0 Å². The largest absolute Gasteiger partial charge is 0.497 e. The summed E-state index contributed by atoms with van der Waals surface area (Å²) in [5.74, 6) is 2.25. The van der Waals surface area contributed by atoms with E-state index in [1.165, 1.54) is 10.8 Å². The second kappa shape index (κ2) is 5.59. The minimum absolute atomic E-state index is 0.230. The minimum Gasteiger partial charge on any atom is -0.497 e. The Hall–Kier alpha value is -3.42. The monoisotopic (exact) mass is 337 g/mol. The lowest BCUT2D eigenvalue weighted by molar-refractivity contribution is 0.401. The summed E-state index contributed by atoms with van der Waals surface area (Å²) in [5.41, 5.74) is 1.00. The quantitative estimate of drug-likeness (QED) is 0.566. The first-order valence-corrected chi connectivity index (χ1v) is 7.58. The van der Waals surface area contributed by atoms with Crippen molar-refractivity contribution in [2.45, 2.75) is 6.92 Å². The topological polar surface area (TPSA) is 83.5 Å². The van der Waals surface area contributed by atoms with E-state index in [9.17, 15) is 4.79 Å². The van der Waals surface area contributed by atoms with Crippen molar-refractivity contribution in [3.05, 3.63) is 52.8 Å². The van der Waals surface area contributed by atoms with Gasteiger partial charge in [-0.15, -0.1) is 5.10 Å². The smallest absolute Gasteiger partial charge is 0.266 e. The van der Waals surface area contributed by atoms with E-state index in [0.717, 1.165) is 0 Å². The van der Waals surface area contributed by atoms with Crippen molar-refractivity contribution < 1.29 is 9.47 Å². The van der Waals surface area contributed by atoms with Crippen LogP contribution in [0, 0.1) is 6.92 Å². The highest BCUT2D eigenvalue weighted by molar-refractivity contribution is 5.79. The molecule has 1 aromatic carbocycles. The van der Waals surface area contributed by atoms with Crippen molar-refractivity contribution in [2.24, 2.45) is 0 Å². The molecule has 4 rings (SSSR count). The highest BCUT2D eigenvalue weighted by Gasteiger charge is 2.14. The predicted octanol–water partition coefficient (Wildman–Crippen LogP) is 1.75. The molecule has 3 aromatic heterocycles. The number of methoxy groups -OCH3 is 2. The van der Waals surface area contributed by atoms with Crippen LogP contribution in [0.3, 0.4) is 0 Å². The van der Waals surface area contributed by atoms with Crippen molar-refractivity contribution in [3.63, 3.8) is 0 Å². The standard InChI is InChI=1S/C17H15N5O3/c1-10-19-17-18-9-12-13(22(17)20-10)6-7-21(16(12)23)14-8-11(24-2)4-5-15(14)25-3/h4-9H,1-3H3. The molecule has 0 aliphatic heterocycles. The van der Waals surface area contributed by atoms with E-state index in [4.69, 9.17) is 9.47 Å². The first-order valence-electron chi connectivity index (χ1n) is 7.58. The zero-order valence-corrected chi connectivity index (χ0v) is 13.9. The van der Waals surface area contributed by atoms with Crippen LogP contribution in [-0.2, 0) is 0 Å². The van der Waals surface area contributed by atoms with Crippen molar-refractivity contribution in [1.29, 1.82) is 0 Å². The van der Waals surface area contributed by atoms with E-state index in [-0.39, 0.29) is 5.56 Å². The van der Waals surface area contributed by atoms with Crippen LogP contribution in [0.15, 0.2) is 41.5 Å². The van der Waals surface area contributed by atoms with Crippen molar-refractivity contribution in [1.82, 2.24) is 24.1 Å². The van der Waals surface area contributed by atoms with Gasteiger partial charge < -0.3 is 9.47 Å². The number of hydrogen-bond donors (Lipinski definition) is 0. The summed E-state index contributed by atoms with van der Waals surface area (Å²) in [4.78, 5) is 21.5. The average Bonchev–Trinajstić information content (AvgIpc) is 3.02. The molecule has 0 radical (unpaired) electrons. The molecule has 8 nitrogen and oxygen atoms in total. The highest BCUT2D eigenvalue weighted by Crippen LogP contribution is 2.27. The van der Waals surface area contributed by atoms with E-state index < -0.39 is 0 Å². The van der Waals surface area contributed by atoms with Gasteiger partial charge in [-0.1, -0.05) is 0 Å². The second-order valence-electron chi connectivity index (χ2n) is 5.46. The number of ether oxygens (including phenoxy) is 2. The zero-order valence-electron chi connectivity index (χ0n) is 13.9. The van der Waals surface area contributed by atoms with Crippen molar-refractivity contribution in [2.75, 3.05) is 14.2 Å². The highest BCUT2D eigenvalue weighted by atomic mass is 16.5. The van der Waals surface area contributed by atoms with E-state index in [1.54, 1.807) is 56.1 Å². The third kappa shape index (κ3) is 2.30. The Labute approximate surface area is 142 Å². The molecule has 0 fully saturated rings. The molecule has 126 valence electrons. The number of pyridine rings is 1. The lowest BCUT2D eigenvalue weighted by Gasteiger charge is -2.13. The van der Waals surface area contributed by atoms with Gasteiger partial charge in [-0.3, -0.25) is 9.36 Å². The number of aryl methyl sites for hydroxylation is 1. The summed E-state index contributed by atoms with van der Waals surface area (Å²) >= 11 is 0. The maximum atomic E-state index is 13.0. The molecule has 4 aromatic rings. The van der Waals surface area contributed by atoms with E-state index in [2.05, 4.69) is 15.1 Å². The first kappa shape index (κ1) is 15.1. The van der Waals surface area contributed by atoms with Gasteiger partial charge in [-0.2, -0.15) is 9.50 Å². The summed E-state index contributed by atoms with van der Waals surface area (Å²) in [6.45, 7) is 1.78. The van der Waals surface area contributed by atoms with Gasteiger partial charge in [0.1, 0.15) is 17.3 Å². The molecule has 3 heterocycles. The molecule has 0 bridgehead atoms. The van der Waals surface area contributed by atoms with Crippen LogP contribution in [0.25, 0.3) is 22.4 Å². The Morgan fingerprint density at radius 1 is 1.12 bits per heavy atom. The maximum absolute atomic E-state index is 13.0. The molecular formula is C17H15N5O3. The van der Waals surface area contributed by atoms with Crippen LogP contribution in [-0.4, -0.2) is 38.4 Å². The van der Waals surface area contributed by atoms with E-state index in [0.29, 0.717) is 39.7 Å². The SMILES string of the molecule is COc1ccc(OC)c(-n2ccc3c(cnc4nc(C)nn43)c2=O)c1. The molecule has 0 aliphatic rings. The number of hydrogen-bond acceptors (Lipinski definition) is 6. The normalized spacial score (nSPS) is 11.2. The number of fused-ring (bicyclic) bond motifs is 3. The molecule has 0 saturated carbocycles. The zero-order chi connectivity index (χ0) is 17.6. The molecule has 0 N–H and O–H groups in total. The number of aromatic nitrogens is 5. The van der Waals surface area contributed by atoms with E-state index in [1.807, 2.05) is 0 Å². The Bertz CT molecular complexity index is 1160. The summed E-state index contributed by atoms with van der Waals surface area (Å²) in [5, 5.41) is 4.73. The third-order valence-electron chi connectivity index (χ3n) is 3.99. The van der Waals surface area contributed by atoms with Crippen LogP contribution in [0.5, 0.6) is 11.5 Å². The Kier molecular flexibility index (Phi) is 3.38. The molecule has 8 heteroatoms. The van der Waals surface area contributed by atoms with Gasteiger partial charge in [-0.05, 0) is 25.1 Å². The molecule has 0 saturated heterocycles. The molecular weight excluding hydrogens is 322 g/mol. The molecule has 0 spiro atoms. The third-order valence-corrected chi connectivity index (χ3v) is 3.99. The molecule has 0 aliphatic carbocycles. The fourth-order valence-corrected chi connectivity index (χ4v) is 2.79. The lowest BCUT2D eigenvalue weighted by atomic mass is 10.2. The van der Waals surface area contributed by atoms with Crippen LogP contribution in [0.4, 0.5) is 0 Å². The van der Waals surface area contributed by atoms with Gasteiger partial charge in [0.05, 0.1) is 30.8 Å². The molecule has 0 amide bonds. The average molecular weight is 337 g/mol. The Balaban J connectivity index is 2.02. The van der Waals surface area contributed by atoms with Crippen LogP contribution < -0.4 is 15.0 Å². The summed E-state index contributed by atoms with van der Waals surface area (Å²) < 4.78 is 13.7. The number of benzene rings is 1. The summed E-state index contributed by atoms with van der Waals surface area (Å²) in [7, 11) is 3.13. The van der Waals surface area contributed by atoms with Gasteiger partial charge in [-0.25, -0.2) is 4.98 Å². The number of nitrogens with zero attached hydrogens (tertiary/aromatic N) is 5. The maximum Gasteiger partial charge on any atom is 0.266 e. The molecule has 0 unspecified atom stereocenters. The minimum atomic E-state index is -0.230. The molecule has 25 heavy (non-hydrogen) atoms. The fourth-order valence-electron chi connectivity index (χ4n) is 2.79.